The first-order valence-electron chi connectivity index (χ1n) is 5.31. The zero-order valence-electron chi connectivity index (χ0n) is 9.52. The minimum absolute atomic E-state index is 0.0940. The Morgan fingerprint density at radius 1 is 1.53 bits per heavy atom. The van der Waals surface area contributed by atoms with Crippen molar-refractivity contribution in [2.75, 3.05) is 36.9 Å². The monoisotopic (exact) mass is 251 g/mol. The van der Waals surface area contributed by atoms with Crippen molar-refractivity contribution in [1.82, 2.24) is 0 Å². The molecule has 6 heteroatoms. The number of nitrogens with zero attached hydrogens (tertiary/aromatic N) is 2. The van der Waals surface area contributed by atoms with Crippen molar-refractivity contribution in [2.24, 2.45) is 0 Å². The van der Waals surface area contributed by atoms with Crippen molar-refractivity contribution in [1.29, 1.82) is 5.26 Å². The van der Waals surface area contributed by atoms with E-state index in [0.29, 0.717) is 29.3 Å². The van der Waals surface area contributed by atoms with Gasteiger partial charge in [-0.25, -0.2) is 0 Å². The molecule has 2 heterocycles. The molecule has 1 aliphatic heterocycles. The largest absolute Gasteiger partial charge is 0.396 e. The topological polar surface area (TPSA) is 79.3 Å². The van der Waals surface area contributed by atoms with E-state index < -0.39 is 0 Å². The number of Topliss-reactive ketones (excluding diaryl/α,β-unsaturated/α-hetero) is 1. The van der Waals surface area contributed by atoms with Crippen molar-refractivity contribution in [2.45, 2.75) is 6.92 Å². The molecule has 90 valence electrons. The Kier molecular flexibility index (Phi) is 3.31. The van der Waals surface area contributed by atoms with Gasteiger partial charge in [-0.1, -0.05) is 0 Å². The number of nitrogen functional groups attached to an aromatic ring is 1. The van der Waals surface area contributed by atoms with Crippen LogP contribution < -0.4 is 10.6 Å². The molecule has 17 heavy (non-hydrogen) atoms. The summed E-state index contributed by atoms with van der Waals surface area (Å²) in [6, 6.07) is 2.09. The quantitative estimate of drug-likeness (QED) is 0.800. The second-order valence-electron chi connectivity index (χ2n) is 3.79. The van der Waals surface area contributed by atoms with Gasteiger partial charge in [0.15, 0.2) is 5.78 Å². The summed E-state index contributed by atoms with van der Waals surface area (Å²) in [7, 11) is 0. The summed E-state index contributed by atoms with van der Waals surface area (Å²) in [4.78, 5) is 13.9. The summed E-state index contributed by atoms with van der Waals surface area (Å²) < 4.78 is 5.26. The number of nitrogens with two attached hydrogens (primary N) is 1. The highest BCUT2D eigenvalue weighted by Gasteiger charge is 2.23. The molecule has 1 aliphatic rings. The molecule has 0 unspecified atom stereocenters. The second kappa shape index (κ2) is 4.73. The summed E-state index contributed by atoms with van der Waals surface area (Å²) in [5.74, 6) is -0.0940. The van der Waals surface area contributed by atoms with Crippen LogP contribution in [0.25, 0.3) is 0 Å². The molecule has 5 nitrogen and oxygen atoms in total. The van der Waals surface area contributed by atoms with Crippen LogP contribution in [0, 0.1) is 11.3 Å². The average molecular weight is 251 g/mol. The molecule has 0 amide bonds. The fourth-order valence-electron chi connectivity index (χ4n) is 1.79. The second-order valence-corrected chi connectivity index (χ2v) is 4.79. The van der Waals surface area contributed by atoms with E-state index in [2.05, 4.69) is 11.0 Å². The normalized spacial score (nSPS) is 15.6. The van der Waals surface area contributed by atoms with Gasteiger partial charge in [0.25, 0.3) is 0 Å². The van der Waals surface area contributed by atoms with Gasteiger partial charge in [0.1, 0.15) is 16.6 Å². The molecule has 2 rings (SSSR count). The number of carbonyl (C=O) groups excluding carboxylic acids is 1. The Bertz CT molecular complexity index is 484. The number of morpholine rings is 1. The van der Waals surface area contributed by atoms with Gasteiger partial charge in [-0.2, -0.15) is 5.26 Å². The Hall–Kier alpha value is -1.58. The molecule has 1 aromatic rings. The third-order valence-corrected chi connectivity index (χ3v) is 4.02. The van der Waals surface area contributed by atoms with Gasteiger partial charge in [0, 0.05) is 20.0 Å². The van der Waals surface area contributed by atoms with Crippen molar-refractivity contribution >= 4 is 27.8 Å². The number of carbonyl (C=O) groups is 1. The number of hydrogen-bond donors (Lipinski definition) is 1. The van der Waals surface area contributed by atoms with Crippen molar-refractivity contribution in [3.63, 3.8) is 0 Å². The van der Waals surface area contributed by atoms with Crippen LogP contribution in [0.1, 0.15) is 22.2 Å². The highest BCUT2D eigenvalue weighted by Crippen LogP contribution is 2.38. The van der Waals surface area contributed by atoms with Gasteiger partial charge in [0.2, 0.25) is 0 Å². The van der Waals surface area contributed by atoms with Gasteiger partial charge >= 0.3 is 0 Å². The maximum absolute atomic E-state index is 11.4. The minimum atomic E-state index is -0.0940. The Morgan fingerprint density at radius 2 is 2.18 bits per heavy atom. The average Bonchev–Trinajstić information content (AvgIpc) is 2.67. The molecule has 0 saturated carbocycles. The van der Waals surface area contributed by atoms with Crippen molar-refractivity contribution < 1.29 is 9.53 Å². The number of hydrogen-bond acceptors (Lipinski definition) is 6. The lowest BCUT2D eigenvalue weighted by atomic mass is 10.2. The van der Waals surface area contributed by atoms with Gasteiger partial charge in [-0.3, -0.25) is 4.79 Å². The summed E-state index contributed by atoms with van der Waals surface area (Å²) in [5.41, 5.74) is 6.56. The molecule has 1 saturated heterocycles. The smallest absolute Gasteiger partial charge is 0.171 e. The standard InChI is InChI=1S/C11H13N3O2S/c1-7(15)10-9(13)8(6-12)11(17-10)14-2-4-16-5-3-14/h2-5,13H2,1H3. The molecule has 0 aliphatic carbocycles. The van der Waals surface area contributed by atoms with Crippen LogP contribution in [0.2, 0.25) is 0 Å². The SMILES string of the molecule is CC(=O)c1sc(N2CCOCC2)c(C#N)c1N. The maximum Gasteiger partial charge on any atom is 0.171 e. The van der Waals surface area contributed by atoms with Gasteiger partial charge in [0.05, 0.1) is 23.8 Å². The molecule has 0 aromatic carbocycles. The van der Waals surface area contributed by atoms with Crippen LogP contribution in [0.3, 0.4) is 0 Å². The summed E-state index contributed by atoms with van der Waals surface area (Å²) in [5, 5.41) is 9.92. The third-order valence-electron chi connectivity index (χ3n) is 2.66. The first kappa shape index (κ1) is 11.9. The fourth-order valence-corrected chi connectivity index (χ4v) is 2.91. The Balaban J connectivity index is 2.42. The molecule has 0 spiro atoms. The maximum atomic E-state index is 11.4. The molecule has 2 N–H and O–H groups in total. The number of ether oxygens (including phenoxy) is 1. The lowest BCUT2D eigenvalue weighted by Gasteiger charge is -2.27. The summed E-state index contributed by atoms with van der Waals surface area (Å²) >= 11 is 1.30. The highest BCUT2D eigenvalue weighted by molar-refractivity contribution is 7.19. The van der Waals surface area contributed by atoms with E-state index in [4.69, 9.17) is 15.7 Å². The van der Waals surface area contributed by atoms with E-state index >= 15 is 0 Å². The third kappa shape index (κ3) is 2.12. The van der Waals surface area contributed by atoms with Crippen molar-refractivity contribution in [3.8, 4) is 6.07 Å². The number of thiophene rings is 1. The van der Waals surface area contributed by atoms with Crippen molar-refractivity contribution in [3.05, 3.63) is 10.4 Å². The van der Waals surface area contributed by atoms with E-state index in [-0.39, 0.29) is 5.78 Å². The first-order valence-corrected chi connectivity index (χ1v) is 6.12. The zero-order valence-corrected chi connectivity index (χ0v) is 10.3. The molecule has 0 bridgehead atoms. The summed E-state index contributed by atoms with van der Waals surface area (Å²) in [6.45, 7) is 4.19. The highest BCUT2D eigenvalue weighted by atomic mass is 32.1. The van der Waals surface area contributed by atoms with E-state index in [1.54, 1.807) is 0 Å². The molecule has 1 aromatic heterocycles. The molecular formula is C11H13N3O2S. The predicted octanol–water partition coefficient (Wildman–Crippen LogP) is 1.24. The predicted molar refractivity (Wildman–Crippen MR) is 66.5 cm³/mol. The Morgan fingerprint density at radius 3 is 2.71 bits per heavy atom. The fraction of sp³-hybridized carbons (Fsp3) is 0.455. The van der Waals surface area contributed by atoms with Gasteiger partial charge in [-0.15, -0.1) is 11.3 Å². The lowest BCUT2D eigenvalue weighted by Crippen LogP contribution is -2.36. The van der Waals surface area contributed by atoms with Crippen LogP contribution >= 0.6 is 11.3 Å². The first-order chi connectivity index (χ1) is 8.15. The van der Waals surface area contributed by atoms with Gasteiger partial charge in [-0.05, 0) is 0 Å². The van der Waals surface area contributed by atoms with Crippen LogP contribution in [-0.4, -0.2) is 32.1 Å². The van der Waals surface area contributed by atoms with Gasteiger partial charge < -0.3 is 15.4 Å². The zero-order chi connectivity index (χ0) is 12.4. The minimum Gasteiger partial charge on any atom is -0.396 e. The van der Waals surface area contributed by atoms with E-state index in [0.717, 1.165) is 18.1 Å². The molecule has 0 radical (unpaired) electrons. The van der Waals surface area contributed by atoms with Crippen LogP contribution in [0.4, 0.5) is 10.7 Å². The number of ketones is 1. The van der Waals surface area contributed by atoms with E-state index in [1.807, 2.05) is 0 Å². The van der Waals surface area contributed by atoms with Crippen LogP contribution in [-0.2, 0) is 4.74 Å². The lowest BCUT2D eigenvalue weighted by molar-refractivity contribution is 0.102. The van der Waals surface area contributed by atoms with E-state index in [9.17, 15) is 4.79 Å². The number of nitriles is 1. The number of rotatable bonds is 2. The number of anilines is 2. The summed E-state index contributed by atoms with van der Waals surface area (Å²) in [6.07, 6.45) is 0. The van der Waals surface area contributed by atoms with E-state index in [1.165, 1.54) is 18.3 Å². The molecular weight excluding hydrogens is 238 g/mol. The van der Waals surface area contributed by atoms with Crippen LogP contribution in [0.15, 0.2) is 0 Å². The molecule has 0 atom stereocenters. The Labute approximate surface area is 103 Å². The van der Waals surface area contributed by atoms with Crippen LogP contribution in [0.5, 0.6) is 0 Å². The molecule has 1 fully saturated rings.